The number of ether oxygens (including phenoxy) is 1. The number of urea groups is 1. The molecule has 0 aliphatic rings. The Labute approximate surface area is 154 Å². The predicted molar refractivity (Wildman–Crippen MR) is 94.1 cm³/mol. The van der Waals surface area contributed by atoms with Gasteiger partial charge in [-0.3, -0.25) is 0 Å². The molecule has 0 fully saturated rings. The molecule has 144 valence electrons. The van der Waals surface area contributed by atoms with E-state index in [0.717, 1.165) is 17.7 Å². The molecule has 0 aromatic heterocycles. The van der Waals surface area contributed by atoms with Crippen molar-refractivity contribution < 1.29 is 27.5 Å². The number of halogens is 3. The summed E-state index contributed by atoms with van der Waals surface area (Å²) in [5, 5.41) is 4.09. The van der Waals surface area contributed by atoms with Gasteiger partial charge in [-0.2, -0.15) is 13.2 Å². The number of esters is 1. The summed E-state index contributed by atoms with van der Waals surface area (Å²) in [5.74, 6) is -1.61. The predicted octanol–water partition coefficient (Wildman–Crippen LogP) is 4.14. The van der Waals surface area contributed by atoms with Gasteiger partial charge < -0.3 is 15.4 Å². The smallest absolute Gasteiger partial charge is 0.426 e. The Morgan fingerprint density at radius 3 is 2.11 bits per heavy atom. The quantitative estimate of drug-likeness (QED) is 0.767. The molecule has 0 radical (unpaired) electrons. The van der Waals surface area contributed by atoms with Crippen molar-refractivity contribution in [2.75, 3.05) is 11.9 Å². The van der Waals surface area contributed by atoms with Crippen molar-refractivity contribution in [3.63, 3.8) is 0 Å². The number of aryl methyl sites for hydroxylation is 1. The first-order valence-corrected chi connectivity index (χ1v) is 8.16. The van der Waals surface area contributed by atoms with Gasteiger partial charge in [-0.05, 0) is 31.5 Å². The molecule has 5 nitrogen and oxygen atoms in total. The number of amides is 2. The SMILES string of the molecule is CCOC(=O)C(NC(=O)Nc1ccc(C)cc1)(c1ccccc1)C(F)(F)F. The summed E-state index contributed by atoms with van der Waals surface area (Å²) >= 11 is 0. The van der Waals surface area contributed by atoms with E-state index >= 15 is 0 Å². The van der Waals surface area contributed by atoms with E-state index in [9.17, 15) is 22.8 Å². The third-order valence-electron chi connectivity index (χ3n) is 3.82. The van der Waals surface area contributed by atoms with Crippen LogP contribution in [-0.4, -0.2) is 24.8 Å². The van der Waals surface area contributed by atoms with Gasteiger partial charge in [0.2, 0.25) is 0 Å². The van der Waals surface area contributed by atoms with Gasteiger partial charge in [0.1, 0.15) is 0 Å². The molecule has 0 aliphatic heterocycles. The third-order valence-corrected chi connectivity index (χ3v) is 3.82. The normalized spacial score (nSPS) is 13.4. The molecule has 0 aliphatic carbocycles. The molecule has 2 amide bonds. The fourth-order valence-corrected chi connectivity index (χ4v) is 2.49. The number of carbonyl (C=O) groups is 2. The van der Waals surface area contributed by atoms with Crippen molar-refractivity contribution in [1.29, 1.82) is 0 Å². The molecule has 2 aromatic rings. The Morgan fingerprint density at radius 2 is 1.59 bits per heavy atom. The summed E-state index contributed by atoms with van der Waals surface area (Å²) in [6.07, 6.45) is -5.13. The Bertz CT molecular complexity index is 792. The lowest BCUT2D eigenvalue weighted by molar-refractivity contribution is -0.213. The molecule has 27 heavy (non-hydrogen) atoms. The van der Waals surface area contributed by atoms with E-state index in [1.54, 1.807) is 17.4 Å². The molecule has 2 aromatic carbocycles. The largest absolute Gasteiger partial charge is 0.464 e. The topological polar surface area (TPSA) is 67.4 Å². The molecule has 1 atom stereocenters. The van der Waals surface area contributed by atoms with Crippen LogP contribution in [0.15, 0.2) is 54.6 Å². The standard InChI is InChI=1S/C19H19F3N2O3/c1-3-27-16(25)18(19(20,21)22,14-7-5-4-6-8-14)24-17(26)23-15-11-9-13(2)10-12-15/h4-12H,3H2,1-2H3,(H2,23,24,26). The molecule has 2 rings (SSSR count). The van der Waals surface area contributed by atoms with E-state index in [-0.39, 0.29) is 12.3 Å². The molecule has 0 saturated heterocycles. The van der Waals surface area contributed by atoms with Crippen molar-refractivity contribution in [1.82, 2.24) is 5.32 Å². The van der Waals surface area contributed by atoms with Crippen molar-refractivity contribution in [2.45, 2.75) is 25.6 Å². The maximum absolute atomic E-state index is 14.0. The highest BCUT2D eigenvalue weighted by Gasteiger charge is 2.64. The summed E-state index contributed by atoms with van der Waals surface area (Å²) in [5.41, 5.74) is -2.58. The number of anilines is 1. The van der Waals surface area contributed by atoms with Crippen LogP contribution in [0.3, 0.4) is 0 Å². The molecule has 2 N–H and O–H groups in total. The van der Waals surface area contributed by atoms with Gasteiger partial charge in [-0.1, -0.05) is 48.0 Å². The zero-order valence-electron chi connectivity index (χ0n) is 14.8. The monoisotopic (exact) mass is 380 g/mol. The second-order valence-electron chi connectivity index (χ2n) is 5.78. The Morgan fingerprint density at radius 1 is 1.00 bits per heavy atom. The van der Waals surface area contributed by atoms with Crippen LogP contribution in [-0.2, 0) is 15.1 Å². The highest BCUT2D eigenvalue weighted by atomic mass is 19.4. The molecule has 0 bridgehead atoms. The Kier molecular flexibility index (Phi) is 6.09. The number of benzene rings is 2. The second kappa shape index (κ2) is 8.11. The average molecular weight is 380 g/mol. The van der Waals surface area contributed by atoms with Crippen LogP contribution in [0, 0.1) is 6.92 Å². The maximum Gasteiger partial charge on any atom is 0.426 e. The van der Waals surface area contributed by atoms with E-state index in [1.165, 1.54) is 37.3 Å². The summed E-state index contributed by atoms with van der Waals surface area (Å²) < 4.78 is 46.8. The van der Waals surface area contributed by atoms with E-state index in [1.807, 2.05) is 6.92 Å². The van der Waals surface area contributed by atoms with Crippen molar-refractivity contribution in [3.8, 4) is 0 Å². The molecule has 0 heterocycles. The summed E-state index contributed by atoms with van der Waals surface area (Å²) in [4.78, 5) is 24.7. The molecular weight excluding hydrogens is 361 g/mol. The van der Waals surface area contributed by atoms with Crippen LogP contribution in [0.1, 0.15) is 18.1 Å². The van der Waals surface area contributed by atoms with E-state index < -0.39 is 29.3 Å². The van der Waals surface area contributed by atoms with Gasteiger partial charge in [-0.15, -0.1) is 0 Å². The average Bonchev–Trinajstić information content (AvgIpc) is 2.61. The number of alkyl halides is 3. The van der Waals surface area contributed by atoms with Gasteiger partial charge in [0.05, 0.1) is 6.61 Å². The van der Waals surface area contributed by atoms with E-state index in [4.69, 9.17) is 0 Å². The minimum atomic E-state index is -5.13. The van der Waals surface area contributed by atoms with Crippen LogP contribution in [0.5, 0.6) is 0 Å². The Balaban J connectivity index is 2.43. The summed E-state index contributed by atoms with van der Waals surface area (Å²) in [6, 6.07) is 11.7. The van der Waals surface area contributed by atoms with Crippen molar-refractivity contribution in [3.05, 3.63) is 65.7 Å². The first kappa shape index (κ1) is 20.3. The Hall–Kier alpha value is -3.03. The van der Waals surface area contributed by atoms with Crippen LogP contribution < -0.4 is 10.6 Å². The number of nitrogens with one attached hydrogen (secondary N) is 2. The van der Waals surface area contributed by atoms with Gasteiger partial charge in [0.15, 0.2) is 0 Å². The molecular formula is C19H19F3N2O3. The van der Waals surface area contributed by atoms with E-state index in [0.29, 0.717) is 0 Å². The lowest BCUT2D eigenvalue weighted by Crippen LogP contribution is -2.62. The number of hydrogen-bond donors (Lipinski definition) is 2. The van der Waals surface area contributed by atoms with Crippen LogP contribution in [0.4, 0.5) is 23.7 Å². The summed E-state index contributed by atoms with van der Waals surface area (Å²) in [6.45, 7) is 2.94. The zero-order valence-corrected chi connectivity index (χ0v) is 14.8. The molecule has 1 unspecified atom stereocenters. The van der Waals surface area contributed by atoms with Crippen LogP contribution in [0.25, 0.3) is 0 Å². The fourth-order valence-electron chi connectivity index (χ4n) is 2.49. The second-order valence-corrected chi connectivity index (χ2v) is 5.78. The van der Waals surface area contributed by atoms with Crippen molar-refractivity contribution >= 4 is 17.7 Å². The number of rotatable bonds is 5. The van der Waals surface area contributed by atoms with Gasteiger partial charge in [0.25, 0.3) is 5.54 Å². The lowest BCUT2D eigenvalue weighted by atomic mass is 9.89. The number of hydrogen-bond acceptors (Lipinski definition) is 3. The van der Waals surface area contributed by atoms with Crippen LogP contribution in [0.2, 0.25) is 0 Å². The van der Waals surface area contributed by atoms with E-state index in [2.05, 4.69) is 10.1 Å². The number of carbonyl (C=O) groups excluding carboxylic acids is 2. The zero-order chi connectivity index (χ0) is 20.1. The van der Waals surface area contributed by atoms with Gasteiger partial charge in [-0.25, -0.2) is 9.59 Å². The maximum atomic E-state index is 14.0. The third kappa shape index (κ3) is 4.39. The first-order chi connectivity index (χ1) is 12.7. The molecule has 8 heteroatoms. The highest BCUT2D eigenvalue weighted by Crippen LogP contribution is 2.40. The highest BCUT2D eigenvalue weighted by molar-refractivity contribution is 5.95. The van der Waals surface area contributed by atoms with Gasteiger partial charge >= 0.3 is 18.2 Å². The van der Waals surface area contributed by atoms with Crippen LogP contribution >= 0.6 is 0 Å². The fraction of sp³-hybridized carbons (Fsp3) is 0.263. The summed E-state index contributed by atoms with van der Waals surface area (Å²) in [7, 11) is 0. The van der Waals surface area contributed by atoms with Gasteiger partial charge in [0, 0.05) is 5.69 Å². The molecule has 0 spiro atoms. The molecule has 0 saturated carbocycles. The van der Waals surface area contributed by atoms with Crippen molar-refractivity contribution in [2.24, 2.45) is 0 Å². The minimum Gasteiger partial charge on any atom is -0.464 e. The minimum absolute atomic E-state index is 0.273. The lowest BCUT2D eigenvalue weighted by Gasteiger charge is -2.34. The first-order valence-electron chi connectivity index (χ1n) is 8.16.